The lowest BCUT2D eigenvalue weighted by molar-refractivity contribution is -0.147. The van der Waals surface area contributed by atoms with Crippen LogP contribution >= 0.6 is 0 Å². The van der Waals surface area contributed by atoms with Gasteiger partial charge in [-0.1, -0.05) is 146 Å². The lowest BCUT2D eigenvalue weighted by atomic mass is 9.97. The molecule has 6 aromatic carbocycles. The van der Waals surface area contributed by atoms with Crippen molar-refractivity contribution in [2.75, 3.05) is 19.8 Å². The van der Waals surface area contributed by atoms with E-state index in [2.05, 4.69) is 28.1 Å². The predicted octanol–water partition coefficient (Wildman–Crippen LogP) is 8.79. The lowest BCUT2D eigenvalue weighted by Crippen LogP contribution is -2.47. The average Bonchev–Trinajstić information content (AvgIpc) is 3.71. The van der Waals surface area contributed by atoms with Gasteiger partial charge >= 0.3 is 12.1 Å². The fraction of sp³-hybridized carbons (Fsp3) is 0.276. The summed E-state index contributed by atoms with van der Waals surface area (Å²) in [7, 11) is 0. The molecule has 0 fully saturated rings. The van der Waals surface area contributed by atoms with Crippen molar-refractivity contribution in [3.63, 3.8) is 0 Å². The number of benzene rings is 6. The van der Waals surface area contributed by atoms with Gasteiger partial charge in [0, 0.05) is 12.3 Å². The van der Waals surface area contributed by atoms with E-state index in [0.717, 1.165) is 44.5 Å². The Labute approximate surface area is 409 Å². The number of alkyl carbamates (subject to hydrolysis) is 1. The Kier molecular flexibility index (Phi) is 17.1. The van der Waals surface area contributed by atoms with E-state index >= 15 is 0 Å². The molecule has 0 unspecified atom stereocenters. The summed E-state index contributed by atoms with van der Waals surface area (Å²) >= 11 is 0. The summed E-state index contributed by atoms with van der Waals surface area (Å²) in [5, 5.41) is 19.0. The smallest absolute Gasteiger partial charge is 0.407 e. The van der Waals surface area contributed by atoms with Gasteiger partial charge in [0.2, 0.25) is 11.8 Å². The third-order valence-electron chi connectivity index (χ3n) is 12.6. The summed E-state index contributed by atoms with van der Waals surface area (Å²) in [6.45, 7) is 0.418. The number of hydrogen-bond acceptors (Lipinski definition) is 9. The van der Waals surface area contributed by atoms with Gasteiger partial charge in [-0.25, -0.2) is 9.59 Å². The highest BCUT2D eigenvalue weighted by molar-refractivity contribution is 5.86. The molecule has 1 aliphatic heterocycles. The third-order valence-corrected chi connectivity index (χ3v) is 12.6. The highest BCUT2D eigenvalue weighted by Crippen LogP contribution is 2.44. The monoisotopic (exact) mass is 941 g/mol. The first-order valence-corrected chi connectivity index (χ1v) is 23.9. The number of rotatable bonds is 17. The van der Waals surface area contributed by atoms with Crippen molar-refractivity contribution in [3.05, 3.63) is 203 Å². The molecule has 6 aromatic rings. The highest BCUT2D eigenvalue weighted by atomic mass is 16.6. The highest BCUT2D eigenvalue weighted by Gasteiger charge is 2.31. The van der Waals surface area contributed by atoms with E-state index in [1.807, 2.05) is 158 Å². The summed E-state index contributed by atoms with van der Waals surface area (Å²) in [6, 6.07) is 48.5. The number of cyclic esters (lactones) is 1. The Hall–Kier alpha value is -7.70. The van der Waals surface area contributed by atoms with Crippen LogP contribution in [0.4, 0.5) is 4.79 Å². The molecule has 2 aliphatic rings. The number of ether oxygens (including phenoxy) is 4. The van der Waals surface area contributed by atoms with Gasteiger partial charge in [0.1, 0.15) is 44.0 Å². The van der Waals surface area contributed by atoms with Crippen LogP contribution in [0.1, 0.15) is 65.0 Å². The van der Waals surface area contributed by atoms with Crippen LogP contribution in [-0.4, -0.2) is 66.9 Å². The second-order valence-electron chi connectivity index (χ2n) is 17.7. The van der Waals surface area contributed by atoms with E-state index in [-0.39, 0.29) is 56.8 Å². The van der Waals surface area contributed by atoms with Crippen molar-refractivity contribution < 1.29 is 43.2 Å². The van der Waals surface area contributed by atoms with Gasteiger partial charge < -0.3 is 40.0 Å². The average molecular weight is 942 g/mol. The number of nitrogens with one attached hydrogen (secondary N) is 3. The number of carbonyl (C=O) groups excluding carboxylic acids is 4. The van der Waals surface area contributed by atoms with Crippen LogP contribution in [0.3, 0.4) is 0 Å². The van der Waals surface area contributed by atoms with Crippen LogP contribution in [0.5, 0.6) is 11.5 Å². The molecule has 4 atom stereocenters. The molecule has 0 saturated heterocycles. The fourth-order valence-electron chi connectivity index (χ4n) is 8.88. The van der Waals surface area contributed by atoms with Crippen molar-refractivity contribution in [3.8, 4) is 22.6 Å². The molecule has 70 heavy (non-hydrogen) atoms. The predicted molar refractivity (Wildman–Crippen MR) is 267 cm³/mol. The van der Waals surface area contributed by atoms with Gasteiger partial charge in [-0.3, -0.25) is 9.59 Å². The molecule has 12 heteroatoms. The molecule has 12 nitrogen and oxygen atoms in total. The Bertz CT molecular complexity index is 2650. The van der Waals surface area contributed by atoms with E-state index < -0.39 is 36.1 Å². The molecular weight excluding hydrogens is 883 g/mol. The van der Waals surface area contributed by atoms with Crippen LogP contribution in [0.25, 0.3) is 11.1 Å². The summed E-state index contributed by atoms with van der Waals surface area (Å²) in [5.41, 5.74) is 8.18. The van der Waals surface area contributed by atoms with Crippen LogP contribution in [0, 0.1) is 5.92 Å². The molecule has 0 bridgehead atoms. The number of esters is 1. The Morgan fingerprint density at radius 2 is 1.26 bits per heavy atom. The van der Waals surface area contributed by atoms with E-state index in [1.54, 1.807) is 0 Å². The second-order valence-corrected chi connectivity index (χ2v) is 17.7. The molecule has 0 spiro atoms. The normalized spacial score (nSPS) is 17.5. The maximum Gasteiger partial charge on any atom is 0.407 e. The first-order chi connectivity index (χ1) is 34.3. The fourth-order valence-corrected chi connectivity index (χ4v) is 8.88. The van der Waals surface area contributed by atoms with Crippen LogP contribution < -0.4 is 25.4 Å². The van der Waals surface area contributed by atoms with Crippen molar-refractivity contribution in [2.45, 2.75) is 75.8 Å². The third kappa shape index (κ3) is 13.7. The minimum atomic E-state index is -1.03. The van der Waals surface area contributed by atoms with Gasteiger partial charge in [0.25, 0.3) is 0 Å². The number of aliphatic hydroxyl groups excluding tert-OH is 1. The molecular formula is C58H59N3O9. The molecule has 0 saturated carbocycles. The van der Waals surface area contributed by atoms with Crippen LogP contribution in [-0.2, 0) is 49.9 Å². The minimum Gasteiger partial charge on any atom is -0.489 e. The van der Waals surface area contributed by atoms with Gasteiger partial charge in [-0.05, 0) is 101 Å². The van der Waals surface area contributed by atoms with Gasteiger partial charge in [0.15, 0.2) is 0 Å². The molecule has 3 amide bonds. The zero-order valence-corrected chi connectivity index (χ0v) is 39.0. The Balaban J connectivity index is 0.914. The number of allylic oxidation sites excluding steroid dienone is 2. The van der Waals surface area contributed by atoms with Crippen molar-refractivity contribution >= 4 is 23.9 Å². The summed E-state index contributed by atoms with van der Waals surface area (Å²) in [4.78, 5) is 55.0. The number of carbonyl (C=O) groups is 4. The van der Waals surface area contributed by atoms with E-state index in [4.69, 9.17) is 18.9 Å². The number of amides is 3. The first kappa shape index (κ1) is 48.7. The van der Waals surface area contributed by atoms with Crippen LogP contribution in [0.15, 0.2) is 170 Å². The summed E-state index contributed by atoms with van der Waals surface area (Å²) in [6.07, 6.45) is 4.23. The summed E-state index contributed by atoms with van der Waals surface area (Å²) in [5.74, 6) is -0.998. The van der Waals surface area contributed by atoms with Gasteiger partial charge in [-0.2, -0.15) is 0 Å². The molecule has 0 aromatic heterocycles. The molecule has 360 valence electrons. The molecule has 8 rings (SSSR count). The topological polar surface area (TPSA) is 162 Å². The maximum absolute atomic E-state index is 14.2. The number of fused-ring (bicyclic) bond motifs is 3. The first-order valence-electron chi connectivity index (χ1n) is 23.9. The molecule has 1 aliphatic carbocycles. The van der Waals surface area contributed by atoms with E-state index in [0.29, 0.717) is 44.0 Å². The van der Waals surface area contributed by atoms with Crippen molar-refractivity contribution in [1.29, 1.82) is 0 Å². The largest absolute Gasteiger partial charge is 0.489 e. The summed E-state index contributed by atoms with van der Waals surface area (Å²) < 4.78 is 23.6. The standard InChI is InChI=1S/C58H59N3O9/c62-35-45(32-40-24-28-47(29-25-40)67-36-42-14-4-1-5-15-42)59-55(63)34-44-18-8-3-9-23-54(61-58(66)70-39-53-51-21-12-10-19-49(51)50-20-11-13-22-52(50)53)57(65)69-38-46(60-56(44)64)33-41-26-30-48(31-27-41)68-37-43-16-6-2-7-17-43/h1-8,10-17,19-22,24-31,44-46,53-54,62H,9,18,23,32-39H2,(H,59,63)(H,60,64)(H,61,66)/t44-,45+,46+,54+/m1/s1. The second kappa shape index (κ2) is 24.5. The zero-order valence-electron chi connectivity index (χ0n) is 39.0. The van der Waals surface area contributed by atoms with Crippen molar-refractivity contribution in [1.82, 2.24) is 16.0 Å². The Morgan fingerprint density at radius 3 is 1.86 bits per heavy atom. The van der Waals surface area contributed by atoms with Gasteiger partial charge in [0.05, 0.1) is 24.6 Å². The van der Waals surface area contributed by atoms with Crippen molar-refractivity contribution in [2.24, 2.45) is 5.92 Å². The maximum atomic E-state index is 14.2. The Morgan fingerprint density at radius 1 is 0.686 bits per heavy atom. The molecule has 4 N–H and O–H groups in total. The lowest BCUT2D eigenvalue weighted by Gasteiger charge is -2.24. The number of aliphatic hydroxyl groups is 1. The SMILES string of the molecule is O=C(C[C@H]1CC=CCC[C@H](NC(=O)OCC2c3ccccc3-c3ccccc32)C(=O)OC[C@H](Cc2ccc(OCc3ccccc3)cc2)NC1=O)N[C@H](CO)Cc1ccc(OCc2ccccc2)cc1. The van der Waals surface area contributed by atoms with E-state index in [1.165, 1.54) is 0 Å². The van der Waals surface area contributed by atoms with Crippen LogP contribution in [0.2, 0.25) is 0 Å². The zero-order chi connectivity index (χ0) is 48.5. The van der Waals surface area contributed by atoms with E-state index in [9.17, 15) is 24.3 Å². The van der Waals surface area contributed by atoms with Gasteiger partial charge in [-0.15, -0.1) is 0 Å². The quantitative estimate of drug-likeness (QED) is 0.0518. The molecule has 0 radical (unpaired) electrons. The number of hydrogen-bond donors (Lipinski definition) is 4. The minimum absolute atomic E-state index is 0.0812. The molecule has 1 heterocycles.